The summed E-state index contributed by atoms with van der Waals surface area (Å²) < 4.78 is 24.0. The zero-order valence-corrected chi connectivity index (χ0v) is 7.02. The molecule has 0 fully saturated rings. The summed E-state index contributed by atoms with van der Waals surface area (Å²) in [5, 5.41) is -0.269. The van der Waals surface area contributed by atoms with Gasteiger partial charge < -0.3 is 9.32 Å². The zero-order valence-electron chi connectivity index (χ0n) is 5.51. The average Bonchev–Trinajstić information content (AvgIpc) is 1.63. The second kappa shape index (κ2) is 7.24. The van der Waals surface area contributed by atoms with Crippen LogP contribution in [-0.4, -0.2) is 9.90 Å². The predicted molar refractivity (Wildman–Crippen MR) is 27.9 cm³/mol. The normalized spacial score (nSPS) is 9.20. The molecule has 0 amide bonds. The summed E-state index contributed by atoms with van der Waals surface area (Å²) in [6, 6.07) is 0. The van der Waals surface area contributed by atoms with Gasteiger partial charge in [0.1, 0.15) is 0 Å². The molecule has 0 aromatic carbocycles. The molecule has 0 aliphatic carbocycles. The summed E-state index contributed by atoms with van der Waals surface area (Å²) in [5.74, 6) is -0.0216. The number of carbonyl (C=O) groups is 1. The largest absolute Gasteiger partial charge is 0.321 e. The van der Waals surface area contributed by atoms with Gasteiger partial charge in [0.2, 0.25) is 5.24 Å². The highest BCUT2D eigenvalue weighted by atomic mass is 35.6. The molecular formula is C4H8Cl2O4. The van der Waals surface area contributed by atoms with E-state index in [-0.39, 0.29) is 11.2 Å². The van der Waals surface area contributed by atoms with Crippen LogP contribution in [0.15, 0.2) is 0 Å². The molecule has 0 aliphatic heterocycles. The third-order valence-electron chi connectivity index (χ3n) is 0.454. The van der Waals surface area contributed by atoms with Crippen molar-refractivity contribution < 1.29 is 29.6 Å². The minimum atomic E-state index is -2.60. The number of carbonyl (C=O) groups excluding carboxylic acids is 1. The quantitative estimate of drug-likeness (QED) is 0.509. The minimum Gasteiger partial charge on any atom is -0.321 e. The summed E-state index contributed by atoms with van der Waals surface area (Å²) in [6.07, 6.45) is 0. The van der Waals surface area contributed by atoms with E-state index in [1.165, 1.54) is 0 Å². The Morgan fingerprint density at radius 1 is 1.60 bits per heavy atom. The summed E-state index contributed by atoms with van der Waals surface area (Å²) in [5.41, 5.74) is 0. The molecule has 0 saturated carbocycles. The molecule has 0 unspecified atom stereocenters. The van der Waals surface area contributed by atoms with Gasteiger partial charge in [-0.2, -0.15) is 0 Å². The van der Waals surface area contributed by atoms with Crippen LogP contribution < -0.4 is 9.32 Å². The predicted octanol–water partition coefficient (Wildman–Crippen LogP) is -1.53. The maximum absolute atomic E-state index is 9.91. The second-order valence-electron chi connectivity index (χ2n) is 1.66. The molecule has 6 heteroatoms. The second-order valence-corrected chi connectivity index (χ2v) is 2.43. The molecule has 1 N–H and O–H groups in total. The van der Waals surface area contributed by atoms with Crippen LogP contribution in [0.3, 0.4) is 0 Å². The Morgan fingerprint density at radius 3 is 1.70 bits per heavy atom. The van der Waals surface area contributed by atoms with Crippen molar-refractivity contribution in [3.8, 4) is 0 Å². The van der Waals surface area contributed by atoms with Crippen LogP contribution in [0.5, 0.6) is 0 Å². The van der Waals surface area contributed by atoms with Crippen molar-refractivity contribution in [1.29, 1.82) is 0 Å². The van der Waals surface area contributed by atoms with Crippen molar-refractivity contribution >= 4 is 16.8 Å². The molecule has 0 saturated heterocycles. The first-order valence-corrected chi connectivity index (χ1v) is 3.65. The van der Waals surface area contributed by atoms with E-state index >= 15 is 0 Å². The van der Waals surface area contributed by atoms with Gasteiger partial charge in [-0.1, -0.05) is 13.8 Å². The Balaban J connectivity index is 0. The molecule has 0 bridgehead atoms. The summed E-state index contributed by atoms with van der Waals surface area (Å²) in [7, 11) is -2.60. The van der Waals surface area contributed by atoms with Gasteiger partial charge in [-0.05, 0) is 11.6 Å². The van der Waals surface area contributed by atoms with E-state index in [2.05, 4.69) is 0 Å². The van der Waals surface area contributed by atoms with Crippen molar-refractivity contribution in [2.45, 2.75) is 13.8 Å². The minimum absolute atomic E-state index is 0.0216. The van der Waals surface area contributed by atoms with E-state index in [9.17, 15) is 4.79 Å². The number of hydrogen-bond donors (Lipinski definition) is 1. The lowest BCUT2D eigenvalue weighted by Crippen LogP contribution is -2.30. The Kier molecular flexibility index (Phi) is 9.25. The van der Waals surface area contributed by atoms with E-state index in [0.29, 0.717) is 0 Å². The highest BCUT2D eigenvalue weighted by molar-refractivity contribution is 6.63. The first-order chi connectivity index (χ1) is 4.37. The fraction of sp³-hybridized carbons (Fsp3) is 0.750. The zero-order chi connectivity index (χ0) is 8.73. The van der Waals surface area contributed by atoms with Crippen LogP contribution in [0.25, 0.3) is 0 Å². The lowest BCUT2D eigenvalue weighted by atomic mass is 10.3. The van der Waals surface area contributed by atoms with Gasteiger partial charge in [0, 0.05) is 10.6 Å². The molecule has 0 atom stereocenters. The van der Waals surface area contributed by atoms with Crippen LogP contribution in [0.2, 0.25) is 0 Å². The van der Waals surface area contributed by atoms with E-state index in [1.807, 2.05) is 0 Å². The SMILES string of the molecule is CC(C)C(=O)Cl.[O-][Cl+2]([O-])O. The fourth-order valence-corrected chi connectivity index (χ4v) is 0. The molecule has 62 valence electrons. The van der Waals surface area contributed by atoms with Crippen molar-refractivity contribution in [1.82, 2.24) is 0 Å². The number of halogens is 2. The maximum Gasteiger partial charge on any atom is 0.282 e. The number of rotatable bonds is 1. The molecule has 0 heterocycles. The molecule has 0 rings (SSSR count). The first kappa shape index (κ1) is 12.8. The van der Waals surface area contributed by atoms with Crippen molar-refractivity contribution in [2.75, 3.05) is 0 Å². The van der Waals surface area contributed by atoms with Crippen LogP contribution in [0, 0.1) is 16.7 Å². The van der Waals surface area contributed by atoms with Gasteiger partial charge >= 0.3 is 0 Å². The molecule has 10 heavy (non-hydrogen) atoms. The van der Waals surface area contributed by atoms with Gasteiger partial charge in [0.05, 0.1) is 0 Å². The molecule has 0 radical (unpaired) electrons. The summed E-state index contributed by atoms with van der Waals surface area (Å²) in [6.45, 7) is 3.52. The van der Waals surface area contributed by atoms with Crippen molar-refractivity contribution in [3.63, 3.8) is 0 Å². The van der Waals surface area contributed by atoms with Gasteiger partial charge in [0.15, 0.2) is 0 Å². The molecular weight excluding hydrogens is 183 g/mol. The van der Waals surface area contributed by atoms with E-state index in [1.54, 1.807) is 13.8 Å². The Hall–Kier alpha value is 0.130. The average molecular weight is 191 g/mol. The third-order valence-corrected chi connectivity index (χ3v) is 0.890. The molecule has 0 aliphatic rings. The lowest BCUT2D eigenvalue weighted by Gasteiger charge is -1.88. The Morgan fingerprint density at radius 2 is 1.70 bits per heavy atom. The highest BCUT2D eigenvalue weighted by Crippen LogP contribution is 1.95. The van der Waals surface area contributed by atoms with Gasteiger partial charge in [-0.25, -0.2) is 0 Å². The topological polar surface area (TPSA) is 83.4 Å². The van der Waals surface area contributed by atoms with Crippen molar-refractivity contribution in [3.05, 3.63) is 0 Å². The van der Waals surface area contributed by atoms with Crippen molar-refractivity contribution in [2.24, 2.45) is 5.92 Å². The molecule has 0 spiro atoms. The highest BCUT2D eigenvalue weighted by Gasteiger charge is 1.98. The third kappa shape index (κ3) is 24.2. The molecule has 0 aromatic rings. The number of hydrogen-bond acceptors (Lipinski definition) is 4. The van der Waals surface area contributed by atoms with Crippen LogP contribution in [0.1, 0.15) is 13.8 Å². The van der Waals surface area contributed by atoms with Crippen LogP contribution in [-0.2, 0) is 4.79 Å². The standard InChI is InChI=1S/C4H7ClO.ClHO3/c1-3(2)4(5)6;2-1(3)4/h3H,1-2H3;2H. The fourth-order valence-electron chi connectivity index (χ4n) is 0. The van der Waals surface area contributed by atoms with Crippen LogP contribution in [0.4, 0.5) is 0 Å². The van der Waals surface area contributed by atoms with E-state index < -0.39 is 10.8 Å². The van der Waals surface area contributed by atoms with Crippen LogP contribution >= 0.6 is 11.6 Å². The van der Waals surface area contributed by atoms with Gasteiger partial charge in [-0.3, -0.25) is 4.79 Å². The van der Waals surface area contributed by atoms with Gasteiger partial charge in [-0.15, -0.1) is 0 Å². The summed E-state index contributed by atoms with van der Waals surface area (Å²) >= 11 is 4.97. The van der Waals surface area contributed by atoms with E-state index in [4.69, 9.17) is 25.6 Å². The Bertz CT molecular complexity index is 90.5. The smallest absolute Gasteiger partial charge is 0.282 e. The monoisotopic (exact) mass is 190 g/mol. The van der Waals surface area contributed by atoms with E-state index in [0.717, 1.165) is 0 Å². The van der Waals surface area contributed by atoms with Gasteiger partial charge in [0.25, 0.3) is 10.8 Å². The Labute approximate surface area is 66.8 Å². The first-order valence-electron chi connectivity index (χ1n) is 2.31. The molecule has 0 aromatic heterocycles. The summed E-state index contributed by atoms with van der Waals surface area (Å²) in [4.78, 5) is 9.91. The molecule has 4 nitrogen and oxygen atoms in total. The lowest BCUT2D eigenvalue weighted by molar-refractivity contribution is -1.63. The maximum atomic E-state index is 9.91.